The van der Waals surface area contributed by atoms with E-state index in [1.54, 1.807) is 6.07 Å². The summed E-state index contributed by atoms with van der Waals surface area (Å²) in [4.78, 5) is 18.3. The second-order valence-electron chi connectivity index (χ2n) is 6.56. The van der Waals surface area contributed by atoms with Crippen LogP contribution in [0.4, 0.5) is 18.3 Å². The average Bonchev–Trinajstić information content (AvgIpc) is 3.38. The zero-order chi connectivity index (χ0) is 21.8. The van der Waals surface area contributed by atoms with Gasteiger partial charge in [-0.25, -0.2) is 4.98 Å². The van der Waals surface area contributed by atoms with Crippen molar-refractivity contribution >= 4 is 22.4 Å². The van der Waals surface area contributed by atoms with E-state index in [1.165, 1.54) is 28.4 Å². The summed E-state index contributed by atoms with van der Waals surface area (Å²) in [5, 5.41) is 15.0. The first-order chi connectivity index (χ1) is 14.9. The van der Waals surface area contributed by atoms with Crippen LogP contribution in [0.1, 0.15) is 16.0 Å². The van der Waals surface area contributed by atoms with Gasteiger partial charge in [-0.15, -0.1) is 21.5 Å². The normalized spacial score (nSPS) is 11.5. The molecule has 0 bridgehead atoms. The Bertz CT molecular complexity index is 1190. The molecular formula is C20H15F3N6OS. The number of alkyl halides is 3. The number of amides is 1. The SMILES string of the molecule is O=C(Cn1nnc(-c2ccccc2)n1)Nc1ncc(Cc2cccc(C(F)(F)F)c2)s1. The van der Waals surface area contributed by atoms with Crippen molar-refractivity contribution in [3.63, 3.8) is 0 Å². The Labute approximate surface area is 178 Å². The van der Waals surface area contributed by atoms with E-state index in [-0.39, 0.29) is 13.0 Å². The van der Waals surface area contributed by atoms with Crippen LogP contribution in [-0.2, 0) is 23.9 Å². The summed E-state index contributed by atoms with van der Waals surface area (Å²) >= 11 is 1.19. The fraction of sp³-hybridized carbons (Fsp3) is 0.150. The molecule has 4 rings (SSSR count). The number of thiazole rings is 1. The second-order valence-corrected chi connectivity index (χ2v) is 7.68. The molecule has 11 heteroatoms. The first-order valence-corrected chi connectivity index (χ1v) is 9.92. The van der Waals surface area contributed by atoms with Crippen molar-refractivity contribution in [2.75, 3.05) is 5.32 Å². The second kappa shape index (κ2) is 8.64. The minimum Gasteiger partial charge on any atom is -0.300 e. The molecule has 0 aliphatic rings. The van der Waals surface area contributed by atoms with Crippen molar-refractivity contribution < 1.29 is 18.0 Å². The van der Waals surface area contributed by atoms with Crippen LogP contribution < -0.4 is 5.32 Å². The summed E-state index contributed by atoms with van der Waals surface area (Å²) in [6.45, 7) is -0.150. The maximum absolute atomic E-state index is 12.9. The highest BCUT2D eigenvalue weighted by atomic mass is 32.1. The number of nitrogens with one attached hydrogen (secondary N) is 1. The summed E-state index contributed by atoms with van der Waals surface area (Å²) in [5.41, 5.74) is 0.600. The predicted molar refractivity (Wildman–Crippen MR) is 108 cm³/mol. The third-order valence-corrected chi connectivity index (χ3v) is 5.12. The summed E-state index contributed by atoms with van der Waals surface area (Å²) < 4.78 is 38.6. The number of nitrogens with zero attached hydrogens (tertiary/aromatic N) is 5. The standard InChI is InChI=1S/C20H15F3N6OS/c21-20(22,23)15-8-4-5-13(9-15)10-16-11-24-19(31-16)25-17(30)12-29-27-18(26-28-29)14-6-2-1-3-7-14/h1-9,11H,10,12H2,(H,24,25,30). The minimum atomic E-state index is -4.39. The molecule has 2 heterocycles. The number of rotatable bonds is 6. The van der Waals surface area contributed by atoms with Crippen molar-refractivity contribution in [3.05, 3.63) is 76.8 Å². The molecule has 7 nitrogen and oxygen atoms in total. The van der Waals surface area contributed by atoms with Gasteiger partial charge in [-0.3, -0.25) is 4.79 Å². The number of anilines is 1. The lowest BCUT2D eigenvalue weighted by Crippen LogP contribution is -2.20. The molecule has 158 valence electrons. The van der Waals surface area contributed by atoms with Crippen molar-refractivity contribution in [2.45, 2.75) is 19.1 Å². The predicted octanol–water partition coefficient (Wildman–Crippen LogP) is 4.04. The van der Waals surface area contributed by atoms with E-state index in [4.69, 9.17) is 0 Å². The van der Waals surface area contributed by atoms with Crippen LogP contribution in [0, 0.1) is 0 Å². The molecular weight excluding hydrogens is 429 g/mol. The number of tetrazole rings is 1. The van der Waals surface area contributed by atoms with Gasteiger partial charge in [0.25, 0.3) is 0 Å². The Morgan fingerprint density at radius 1 is 1.10 bits per heavy atom. The van der Waals surface area contributed by atoms with Gasteiger partial charge < -0.3 is 5.32 Å². The molecule has 1 amide bonds. The summed E-state index contributed by atoms with van der Waals surface area (Å²) in [5.74, 6) is 0.0167. The van der Waals surface area contributed by atoms with Crippen molar-refractivity contribution in [2.24, 2.45) is 0 Å². The van der Waals surface area contributed by atoms with Crippen LogP contribution in [0.5, 0.6) is 0 Å². The highest BCUT2D eigenvalue weighted by Gasteiger charge is 2.30. The topological polar surface area (TPSA) is 85.6 Å². The maximum atomic E-state index is 12.9. The molecule has 0 saturated heterocycles. The van der Waals surface area contributed by atoms with Gasteiger partial charge in [0, 0.05) is 23.1 Å². The summed E-state index contributed by atoms with van der Waals surface area (Å²) in [6.07, 6.45) is -2.58. The number of hydrogen-bond acceptors (Lipinski definition) is 6. The average molecular weight is 444 g/mol. The number of carbonyl (C=O) groups excluding carboxylic acids is 1. The van der Waals surface area contributed by atoms with Gasteiger partial charge in [-0.1, -0.05) is 48.5 Å². The highest BCUT2D eigenvalue weighted by Crippen LogP contribution is 2.30. The molecule has 1 N–H and O–H groups in total. The van der Waals surface area contributed by atoms with Gasteiger partial charge in [0.15, 0.2) is 5.13 Å². The molecule has 0 radical (unpaired) electrons. The van der Waals surface area contributed by atoms with Gasteiger partial charge in [0.2, 0.25) is 11.7 Å². The molecule has 0 saturated carbocycles. The zero-order valence-corrected chi connectivity index (χ0v) is 16.7. The number of benzene rings is 2. The number of carbonyl (C=O) groups is 1. The van der Waals surface area contributed by atoms with E-state index in [0.717, 1.165) is 22.6 Å². The van der Waals surface area contributed by atoms with Gasteiger partial charge >= 0.3 is 6.18 Å². The Balaban J connectivity index is 1.36. The van der Waals surface area contributed by atoms with Crippen LogP contribution in [0.15, 0.2) is 60.8 Å². The lowest BCUT2D eigenvalue weighted by Gasteiger charge is -2.07. The Hall–Kier alpha value is -3.60. The number of aromatic nitrogens is 5. The van der Waals surface area contributed by atoms with Crippen LogP contribution >= 0.6 is 11.3 Å². The molecule has 0 aliphatic heterocycles. The molecule has 0 aliphatic carbocycles. The monoisotopic (exact) mass is 444 g/mol. The first-order valence-electron chi connectivity index (χ1n) is 9.11. The Morgan fingerprint density at radius 2 is 1.90 bits per heavy atom. The molecule has 2 aromatic carbocycles. The van der Waals surface area contributed by atoms with E-state index in [2.05, 4.69) is 25.7 Å². The van der Waals surface area contributed by atoms with Crippen LogP contribution in [-0.4, -0.2) is 31.1 Å². The Kier molecular flexibility index (Phi) is 5.76. The van der Waals surface area contributed by atoms with E-state index in [0.29, 0.717) is 16.5 Å². The van der Waals surface area contributed by atoms with Gasteiger partial charge in [-0.2, -0.15) is 18.0 Å². The molecule has 31 heavy (non-hydrogen) atoms. The quantitative estimate of drug-likeness (QED) is 0.485. The lowest BCUT2D eigenvalue weighted by atomic mass is 10.1. The third kappa shape index (κ3) is 5.31. The summed E-state index contributed by atoms with van der Waals surface area (Å²) in [6, 6.07) is 14.4. The Morgan fingerprint density at radius 3 is 2.68 bits per heavy atom. The zero-order valence-electron chi connectivity index (χ0n) is 15.9. The molecule has 0 fully saturated rings. The highest BCUT2D eigenvalue weighted by molar-refractivity contribution is 7.15. The van der Waals surface area contributed by atoms with Crippen molar-refractivity contribution in [1.29, 1.82) is 0 Å². The van der Waals surface area contributed by atoms with Crippen LogP contribution in [0.25, 0.3) is 11.4 Å². The van der Waals surface area contributed by atoms with E-state index >= 15 is 0 Å². The van der Waals surface area contributed by atoms with Gasteiger partial charge in [0.05, 0.1) is 5.56 Å². The largest absolute Gasteiger partial charge is 0.416 e. The lowest BCUT2D eigenvalue weighted by molar-refractivity contribution is -0.137. The molecule has 4 aromatic rings. The number of halogens is 3. The summed E-state index contributed by atoms with van der Waals surface area (Å²) in [7, 11) is 0. The van der Waals surface area contributed by atoms with Crippen LogP contribution in [0.2, 0.25) is 0 Å². The third-order valence-electron chi connectivity index (χ3n) is 4.20. The maximum Gasteiger partial charge on any atom is 0.416 e. The minimum absolute atomic E-state index is 0.150. The molecule has 0 spiro atoms. The smallest absolute Gasteiger partial charge is 0.300 e. The number of hydrogen-bond donors (Lipinski definition) is 1. The first kappa shape index (κ1) is 20.7. The molecule has 0 unspecified atom stereocenters. The molecule has 0 atom stereocenters. The van der Waals surface area contributed by atoms with Gasteiger partial charge in [-0.05, 0) is 16.8 Å². The van der Waals surface area contributed by atoms with Gasteiger partial charge in [0.1, 0.15) is 6.54 Å². The molecule has 2 aromatic heterocycles. The fourth-order valence-corrected chi connectivity index (χ4v) is 3.67. The van der Waals surface area contributed by atoms with E-state index in [9.17, 15) is 18.0 Å². The van der Waals surface area contributed by atoms with E-state index in [1.807, 2.05) is 30.3 Å². The van der Waals surface area contributed by atoms with Crippen molar-refractivity contribution in [3.8, 4) is 11.4 Å². The van der Waals surface area contributed by atoms with Crippen molar-refractivity contribution in [1.82, 2.24) is 25.2 Å². The van der Waals surface area contributed by atoms with E-state index < -0.39 is 17.6 Å². The fourth-order valence-electron chi connectivity index (χ4n) is 2.81. The van der Waals surface area contributed by atoms with Crippen LogP contribution in [0.3, 0.4) is 0 Å².